The van der Waals surface area contributed by atoms with Gasteiger partial charge >= 0.3 is 0 Å². The molecule has 1 amide bonds. The molecule has 0 unspecified atom stereocenters. The molecule has 15 heavy (non-hydrogen) atoms. The average molecular weight is 212 g/mol. The van der Waals surface area contributed by atoms with Gasteiger partial charge in [0.1, 0.15) is 0 Å². The fraction of sp³-hybridized carbons (Fsp3) is 0.111. The molecule has 0 saturated heterocycles. The van der Waals surface area contributed by atoms with Crippen LogP contribution >= 0.6 is 0 Å². The number of amides is 1. The quantitative estimate of drug-likeness (QED) is 0.325. The monoisotopic (exact) mass is 212 g/mol. The average Bonchev–Trinajstić information content (AvgIpc) is 2.27. The lowest BCUT2D eigenvalue weighted by molar-refractivity contribution is 0.0943. The Bertz CT molecular complexity index is 407. The van der Waals surface area contributed by atoms with Crippen LogP contribution in [0.4, 0.5) is 4.39 Å². The van der Waals surface area contributed by atoms with Crippen LogP contribution in [0.15, 0.2) is 12.1 Å². The molecule has 0 aromatic heterocycles. The minimum absolute atomic E-state index is 0.0868. The van der Waals surface area contributed by atoms with Crippen LogP contribution in [0.5, 0.6) is 5.75 Å². The molecule has 0 fully saturated rings. The van der Waals surface area contributed by atoms with E-state index in [4.69, 9.17) is 5.84 Å². The second-order valence-electron chi connectivity index (χ2n) is 2.64. The number of nitrogens with one attached hydrogen (secondary N) is 1. The Morgan fingerprint density at radius 2 is 2.27 bits per heavy atom. The van der Waals surface area contributed by atoms with E-state index >= 15 is 0 Å². The predicted molar refractivity (Wildman–Crippen MR) is 50.0 cm³/mol. The van der Waals surface area contributed by atoms with E-state index in [1.165, 1.54) is 19.2 Å². The van der Waals surface area contributed by atoms with Gasteiger partial charge in [-0.3, -0.25) is 15.0 Å². The highest BCUT2D eigenvalue weighted by atomic mass is 19.1. The molecular formula is C9H9FN2O3. The summed E-state index contributed by atoms with van der Waals surface area (Å²) in [6.45, 7) is 0. The topological polar surface area (TPSA) is 81.4 Å². The number of benzene rings is 1. The Kier molecular flexibility index (Phi) is 3.35. The number of carbonyl (C=O) groups excluding carboxylic acids is 2. The van der Waals surface area contributed by atoms with Crippen molar-refractivity contribution in [1.29, 1.82) is 0 Å². The van der Waals surface area contributed by atoms with E-state index in [1.54, 1.807) is 5.43 Å². The zero-order valence-corrected chi connectivity index (χ0v) is 7.91. The smallest absolute Gasteiger partial charge is 0.269 e. The van der Waals surface area contributed by atoms with Crippen molar-refractivity contribution in [3.8, 4) is 5.75 Å². The first-order valence-corrected chi connectivity index (χ1v) is 3.98. The molecule has 0 spiro atoms. The summed E-state index contributed by atoms with van der Waals surface area (Å²) in [7, 11) is 1.25. The van der Waals surface area contributed by atoms with Gasteiger partial charge in [0.05, 0.1) is 12.7 Å². The van der Waals surface area contributed by atoms with Crippen LogP contribution in [0, 0.1) is 5.82 Å². The molecule has 1 aromatic carbocycles. The summed E-state index contributed by atoms with van der Waals surface area (Å²) in [6.07, 6.45) is 0.368. The highest BCUT2D eigenvalue weighted by Crippen LogP contribution is 2.22. The Labute approximate surface area is 85.0 Å². The molecule has 0 radical (unpaired) electrons. The third-order valence-corrected chi connectivity index (χ3v) is 1.84. The molecule has 0 heterocycles. The number of hydrogen-bond donors (Lipinski definition) is 2. The van der Waals surface area contributed by atoms with E-state index in [0.717, 1.165) is 0 Å². The summed E-state index contributed by atoms with van der Waals surface area (Å²) in [5, 5.41) is 0. The minimum atomic E-state index is -0.912. The van der Waals surface area contributed by atoms with Crippen LogP contribution < -0.4 is 16.0 Å². The number of carbonyl (C=O) groups is 2. The molecule has 0 bridgehead atoms. The molecule has 3 N–H and O–H groups in total. The third kappa shape index (κ3) is 1.94. The fourth-order valence-electron chi connectivity index (χ4n) is 1.13. The number of nitrogen functional groups attached to an aromatic ring is 1. The molecular weight excluding hydrogens is 203 g/mol. The van der Waals surface area contributed by atoms with Crippen LogP contribution in [-0.2, 0) is 0 Å². The first kappa shape index (κ1) is 11.1. The standard InChI is InChI=1S/C9H9FN2O3/c1-15-6-3-2-5(4-13)7(8(6)10)9(14)12-11/h2-4H,11H2,1H3,(H,12,14). The SMILES string of the molecule is COc1ccc(C=O)c(C(=O)NN)c1F. The Balaban J connectivity index is 3.42. The molecule has 1 rings (SSSR count). The normalized spacial score (nSPS) is 9.53. The van der Waals surface area contributed by atoms with Gasteiger partial charge in [0, 0.05) is 5.56 Å². The van der Waals surface area contributed by atoms with E-state index in [2.05, 4.69) is 4.74 Å². The van der Waals surface area contributed by atoms with Gasteiger partial charge in [0.15, 0.2) is 17.9 Å². The molecule has 0 aliphatic carbocycles. The van der Waals surface area contributed by atoms with E-state index in [1.807, 2.05) is 0 Å². The number of ether oxygens (including phenoxy) is 1. The molecule has 80 valence electrons. The predicted octanol–water partition coefficient (Wildman–Crippen LogP) is 0.250. The van der Waals surface area contributed by atoms with Crippen molar-refractivity contribution in [3.05, 3.63) is 29.1 Å². The molecule has 1 aromatic rings. The maximum absolute atomic E-state index is 13.6. The van der Waals surface area contributed by atoms with E-state index in [9.17, 15) is 14.0 Å². The first-order valence-electron chi connectivity index (χ1n) is 3.98. The summed E-state index contributed by atoms with van der Waals surface area (Å²) in [6, 6.07) is 2.53. The second kappa shape index (κ2) is 4.52. The van der Waals surface area contributed by atoms with E-state index < -0.39 is 17.3 Å². The summed E-state index contributed by atoms with van der Waals surface area (Å²) in [5.41, 5.74) is 1.24. The van der Waals surface area contributed by atoms with Crippen molar-refractivity contribution >= 4 is 12.2 Å². The number of aldehydes is 1. The Morgan fingerprint density at radius 1 is 1.60 bits per heavy atom. The van der Waals surface area contributed by atoms with Crippen LogP contribution in [0.1, 0.15) is 20.7 Å². The zero-order chi connectivity index (χ0) is 11.4. The minimum Gasteiger partial charge on any atom is -0.494 e. The van der Waals surface area contributed by atoms with Crippen molar-refractivity contribution in [3.63, 3.8) is 0 Å². The van der Waals surface area contributed by atoms with Crippen LogP contribution in [0.25, 0.3) is 0 Å². The Morgan fingerprint density at radius 3 is 2.73 bits per heavy atom. The van der Waals surface area contributed by atoms with Gasteiger partial charge in [0.2, 0.25) is 0 Å². The van der Waals surface area contributed by atoms with Gasteiger partial charge in [-0.2, -0.15) is 0 Å². The van der Waals surface area contributed by atoms with Gasteiger partial charge in [-0.15, -0.1) is 0 Å². The molecule has 5 nitrogen and oxygen atoms in total. The lowest BCUT2D eigenvalue weighted by atomic mass is 10.1. The van der Waals surface area contributed by atoms with Crippen molar-refractivity contribution < 1.29 is 18.7 Å². The van der Waals surface area contributed by atoms with Crippen molar-refractivity contribution in [2.45, 2.75) is 0 Å². The van der Waals surface area contributed by atoms with Crippen molar-refractivity contribution in [1.82, 2.24) is 5.43 Å². The maximum Gasteiger partial charge on any atom is 0.269 e. The van der Waals surface area contributed by atoms with Gasteiger partial charge in [-0.05, 0) is 12.1 Å². The van der Waals surface area contributed by atoms with Crippen LogP contribution in [0.2, 0.25) is 0 Å². The molecule has 0 saturated carbocycles. The van der Waals surface area contributed by atoms with E-state index in [-0.39, 0.29) is 11.3 Å². The molecule has 0 aliphatic heterocycles. The molecule has 0 aliphatic rings. The van der Waals surface area contributed by atoms with E-state index in [0.29, 0.717) is 6.29 Å². The Hall–Kier alpha value is -1.95. The van der Waals surface area contributed by atoms with Gasteiger partial charge in [-0.1, -0.05) is 0 Å². The highest BCUT2D eigenvalue weighted by molar-refractivity contribution is 6.01. The number of rotatable bonds is 3. The van der Waals surface area contributed by atoms with Crippen molar-refractivity contribution in [2.24, 2.45) is 5.84 Å². The molecule has 0 atom stereocenters. The summed E-state index contributed by atoms with van der Waals surface area (Å²) < 4.78 is 18.2. The summed E-state index contributed by atoms with van der Waals surface area (Å²) in [5.74, 6) is 2.95. The lowest BCUT2D eigenvalue weighted by Crippen LogP contribution is -2.31. The fourth-order valence-corrected chi connectivity index (χ4v) is 1.13. The maximum atomic E-state index is 13.6. The zero-order valence-electron chi connectivity index (χ0n) is 7.91. The van der Waals surface area contributed by atoms with Crippen molar-refractivity contribution in [2.75, 3.05) is 7.11 Å². The van der Waals surface area contributed by atoms with Crippen LogP contribution in [-0.4, -0.2) is 19.3 Å². The number of halogens is 1. The lowest BCUT2D eigenvalue weighted by Gasteiger charge is -2.08. The first-order chi connectivity index (χ1) is 7.15. The second-order valence-corrected chi connectivity index (χ2v) is 2.64. The highest BCUT2D eigenvalue weighted by Gasteiger charge is 2.19. The number of nitrogens with two attached hydrogens (primary N) is 1. The van der Waals surface area contributed by atoms with Gasteiger partial charge < -0.3 is 4.74 Å². The molecule has 6 heteroatoms. The van der Waals surface area contributed by atoms with Gasteiger partial charge in [0.25, 0.3) is 5.91 Å². The summed E-state index contributed by atoms with van der Waals surface area (Å²) >= 11 is 0. The summed E-state index contributed by atoms with van der Waals surface area (Å²) in [4.78, 5) is 21.8. The van der Waals surface area contributed by atoms with Crippen LogP contribution in [0.3, 0.4) is 0 Å². The third-order valence-electron chi connectivity index (χ3n) is 1.84. The number of hydrazine groups is 1. The number of hydrogen-bond acceptors (Lipinski definition) is 4. The largest absolute Gasteiger partial charge is 0.494 e. The number of methoxy groups -OCH3 is 1. The van der Waals surface area contributed by atoms with Gasteiger partial charge in [-0.25, -0.2) is 10.2 Å².